The SMILES string of the molecule is Cc1ccc(C)c(C(=O)N[C@H]2CNCC[C@H]2C)c1. The Balaban J connectivity index is 2.09. The summed E-state index contributed by atoms with van der Waals surface area (Å²) in [6.07, 6.45) is 1.12. The highest BCUT2D eigenvalue weighted by Crippen LogP contribution is 2.14. The van der Waals surface area contributed by atoms with Crippen LogP contribution in [-0.4, -0.2) is 25.0 Å². The Morgan fingerprint density at radius 2 is 2.17 bits per heavy atom. The number of hydrogen-bond donors (Lipinski definition) is 2. The molecule has 2 atom stereocenters. The van der Waals surface area contributed by atoms with Crippen LogP contribution in [0, 0.1) is 19.8 Å². The Morgan fingerprint density at radius 1 is 1.39 bits per heavy atom. The maximum Gasteiger partial charge on any atom is 0.251 e. The van der Waals surface area contributed by atoms with Gasteiger partial charge in [0.1, 0.15) is 0 Å². The molecule has 1 heterocycles. The third kappa shape index (κ3) is 2.91. The van der Waals surface area contributed by atoms with Gasteiger partial charge in [-0.15, -0.1) is 0 Å². The normalized spacial score (nSPS) is 23.7. The molecule has 0 aromatic heterocycles. The van der Waals surface area contributed by atoms with Crippen LogP contribution in [0.15, 0.2) is 18.2 Å². The summed E-state index contributed by atoms with van der Waals surface area (Å²) in [7, 11) is 0. The van der Waals surface area contributed by atoms with Gasteiger partial charge in [-0.3, -0.25) is 4.79 Å². The second-order valence-corrected chi connectivity index (χ2v) is 5.37. The minimum absolute atomic E-state index is 0.0525. The third-order valence-corrected chi connectivity index (χ3v) is 3.78. The largest absolute Gasteiger partial charge is 0.348 e. The van der Waals surface area contributed by atoms with Gasteiger partial charge in [0.15, 0.2) is 0 Å². The van der Waals surface area contributed by atoms with E-state index in [0.717, 1.165) is 36.2 Å². The van der Waals surface area contributed by atoms with E-state index < -0.39 is 0 Å². The number of carbonyl (C=O) groups excluding carboxylic acids is 1. The van der Waals surface area contributed by atoms with Crippen molar-refractivity contribution in [2.75, 3.05) is 13.1 Å². The van der Waals surface area contributed by atoms with Crippen molar-refractivity contribution in [3.63, 3.8) is 0 Å². The molecule has 98 valence electrons. The van der Waals surface area contributed by atoms with Crippen LogP contribution in [0.2, 0.25) is 0 Å². The lowest BCUT2D eigenvalue weighted by Gasteiger charge is -2.30. The van der Waals surface area contributed by atoms with Crippen LogP contribution in [0.3, 0.4) is 0 Å². The summed E-state index contributed by atoms with van der Waals surface area (Å²) < 4.78 is 0. The van der Waals surface area contributed by atoms with Crippen LogP contribution in [0.1, 0.15) is 34.8 Å². The van der Waals surface area contributed by atoms with E-state index in [4.69, 9.17) is 0 Å². The lowest BCUT2D eigenvalue weighted by Crippen LogP contribution is -2.50. The van der Waals surface area contributed by atoms with Crippen molar-refractivity contribution in [3.8, 4) is 0 Å². The van der Waals surface area contributed by atoms with Crippen molar-refractivity contribution in [3.05, 3.63) is 34.9 Å². The summed E-state index contributed by atoms with van der Waals surface area (Å²) in [5.74, 6) is 0.595. The Labute approximate surface area is 109 Å². The van der Waals surface area contributed by atoms with E-state index in [1.807, 2.05) is 32.0 Å². The van der Waals surface area contributed by atoms with Gasteiger partial charge in [0, 0.05) is 18.2 Å². The quantitative estimate of drug-likeness (QED) is 0.838. The van der Waals surface area contributed by atoms with Crippen LogP contribution in [-0.2, 0) is 0 Å². The molecule has 0 saturated carbocycles. The molecule has 1 fully saturated rings. The Kier molecular flexibility index (Phi) is 4.02. The molecule has 0 unspecified atom stereocenters. The summed E-state index contributed by atoms with van der Waals surface area (Å²) in [4.78, 5) is 12.3. The van der Waals surface area contributed by atoms with E-state index in [0.29, 0.717) is 5.92 Å². The van der Waals surface area contributed by atoms with E-state index in [1.54, 1.807) is 0 Å². The highest BCUT2D eigenvalue weighted by Gasteiger charge is 2.23. The molecule has 1 saturated heterocycles. The van der Waals surface area contributed by atoms with Crippen LogP contribution in [0.5, 0.6) is 0 Å². The minimum Gasteiger partial charge on any atom is -0.348 e. The number of nitrogens with one attached hydrogen (secondary N) is 2. The Morgan fingerprint density at radius 3 is 2.89 bits per heavy atom. The smallest absolute Gasteiger partial charge is 0.251 e. The molecule has 2 N–H and O–H groups in total. The van der Waals surface area contributed by atoms with Crippen molar-refractivity contribution >= 4 is 5.91 Å². The van der Waals surface area contributed by atoms with Crippen molar-refractivity contribution in [1.29, 1.82) is 0 Å². The molecule has 1 aromatic carbocycles. The zero-order chi connectivity index (χ0) is 13.1. The maximum atomic E-state index is 12.3. The second-order valence-electron chi connectivity index (χ2n) is 5.37. The fourth-order valence-corrected chi connectivity index (χ4v) is 2.41. The van der Waals surface area contributed by atoms with Gasteiger partial charge in [-0.05, 0) is 44.4 Å². The Hall–Kier alpha value is -1.35. The highest BCUT2D eigenvalue weighted by atomic mass is 16.1. The lowest BCUT2D eigenvalue weighted by molar-refractivity contribution is 0.0914. The number of piperidine rings is 1. The number of rotatable bonds is 2. The van der Waals surface area contributed by atoms with Gasteiger partial charge >= 0.3 is 0 Å². The summed E-state index contributed by atoms with van der Waals surface area (Å²) in [5.41, 5.74) is 2.96. The van der Waals surface area contributed by atoms with Gasteiger partial charge in [0.25, 0.3) is 5.91 Å². The minimum atomic E-state index is 0.0525. The van der Waals surface area contributed by atoms with Crippen molar-refractivity contribution in [2.24, 2.45) is 5.92 Å². The fraction of sp³-hybridized carbons (Fsp3) is 0.533. The summed E-state index contributed by atoms with van der Waals surface area (Å²) in [5, 5.41) is 6.48. The molecule has 1 aliphatic rings. The molecular formula is C15H22N2O. The molecule has 1 amide bonds. The van der Waals surface area contributed by atoms with E-state index >= 15 is 0 Å². The summed E-state index contributed by atoms with van der Waals surface area (Å²) in [6.45, 7) is 8.13. The molecule has 3 nitrogen and oxygen atoms in total. The van der Waals surface area contributed by atoms with E-state index in [-0.39, 0.29) is 11.9 Å². The number of amides is 1. The molecular weight excluding hydrogens is 224 g/mol. The van der Waals surface area contributed by atoms with E-state index in [2.05, 4.69) is 17.6 Å². The summed E-state index contributed by atoms with van der Waals surface area (Å²) in [6, 6.07) is 6.25. The molecule has 0 aliphatic carbocycles. The molecule has 2 rings (SSSR count). The van der Waals surface area contributed by atoms with Crippen LogP contribution in [0.4, 0.5) is 0 Å². The van der Waals surface area contributed by atoms with Gasteiger partial charge in [-0.25, -0.2) is 0 Å². The topological polar surface area (TPSA) is 41.1 Å². The molecule has 0 radical (unpaired) electrons. The first-order valence-corrected chi connectivity index (χ1v) is 6.67. The predicted octanol–water partition coefficient (Wildman–Crippen LogP) is 2.03. The number of benzene rings is 1. The van der Waals surface area contributed by atoms with Crippen molar-refractivity contribution in [1.82, 2.24) is 10.6 Å². The molecule has 1 aromatic rings. The molecule has 0 bridgehead atoms. The van der Waals surface area contributed by atoms with E-state index in [1.165, 1.54) is 0 Å². The van der Waals surface area contributed by atoms with Gasteiger partial charge in [0.05, 0.1) is 0 Å². The van der Waals surface area contributed by atoms with Crippen molar-refractivity contribution < 1.29 is 4.79 Å². The summed E-state index contributed by atoms with van der Waals surface area (Å²) >= 11 is 0. The number of aryl methyl sites for hydroxylation is 2. The molecule has 3 heteroatoms. The third-order valence-electron chi connectivity index (χ3n) is 3.78. The monoisotopic (exact) mass is 246 g/mol. The standard InChI is InChI=1S/C15H22N2O/c1-10-4-5-11(2)13(8-10)15(18)17-14-9-16-7-6-12(14)3/h4-5,8,12,14,16H,6-7,9H2,1-3H3,(H,17,18)/t12-,14+/m1/s1. The van der Waals surface area contributed by atoms with Gasteiger partial charge in [-0.2, -0.15) is 0 Å². The van der Waals surface area contributed by atoms with E-state index in [9.17, 15) is 4.79 Å². The van der Waals surface area contributed by atoms with Gasteiger partial charge in [-0.1, -0.05) is 24.6 Å². The first-order chi connectivity index (χ1) is 8.58. The zero-order valence-electron chi connectivity index (χ0n) is 11.4. The van der Waals surface area contributed by atoms with Crippen molar-refractivity contribution in [2.45, 2.75) is 33.2 Å². The van der Waals surface area contributed by atoms with Crippen LogP contribution < -0.4 is 10.6 Å². The predicted molar refractivity (Wildman–Crippen MR) is 73.8 cm³/mol. The number of carbonyl (C=O) groups is 1. The lowest BCUT2D eigenvalue weighted by atomic mass is 9.94. The average Bonchev–Trinajstić information content (AvgIpc) is 2.35. The first kappa shape index (κ1) is 13.1. The highest BCUT2D eigenvalue weighted by molar-refractivity contribution is 5.96. The fourth-order valence-electron chi connectivity index (χ4n) is 2.41. The molecule has 1 aliphatic heterocycles. The van der Waals surface area contributed by atoms with Gasteiger partial charge < -0.3 is 10.6 Å². The van der Waals surface area contributed by atoms with Crippen LogP contribution in [0.25, 0.3) is 0 Å². The second kappa shape index (κ2) is 5.53. The first-order valence-electron chi connectivity index (χ1n) is 6.67. The number of hydrogen-bond acceptors (Lipinski definition) is 2. The maximum absolute atomic E-state index is 12.3. The zero-order valence-corrected chi connectivity index (χ0v) is 11.4. The Bertz CT molecular complexity index is 442. The van der Waals surface area contributed by atoms with Gasteiger partial charge in [0.2, 0.25) is 0 Å². The van der Waals surface area contributed by atoms with Crippen LogP contribution >= 0.6 is 0 Å². The molecule has 0 spiro atoms. The average molecular weight is 246 g/mol. The molecule has 18 heavy (non-hydrogen) atoms.